The summed E-state index contributed by atoms with van der Waals surface area (Å²) in [6, 6.07) is 7.92. The van der Waals surface area contributed by atoms with Crippen molar-refractivity contribution in [1.82, 2.24) is 9.80 Å². The monoisotopic (exact) mass is 462 g/mol. The Morgan fingerprint density at radius 3 is 2.78 bits per heavy atom. The van der Waals surface area contributed by atoms with Gasteiger partial charge in [0, 0.05) is 31.5 Å². The lowest BCUT2D eigenvalue weighted by molar-refractivity contribution is -0.143. The second-order valence-corrected chi connectivity index (χ2v) is 9.30. The molecule has 32 heavy (non-hydrogen) atoms. The molecule has 0 N–H and O–H groups in total. The average molecular weight is 463 g/mol. The van der Waals surface area contributed by atoms with E-state index in [4.69, 9.17) is 9.47 Å². The lowest BCUT2D eigenvalue weighted by Crippen LogP contribution is -2.48. The van der Waals surface area contributed by atoms with Crippen molar-refractivity contribution in [3.63, 3.8) is 0 Å². The van der Waals surface area contributed by atoms with Crippen LogP contribution in [-0.2, 0) is 20.7 Å². The van der Waals surface area contributed by atoms with Gasteiger partial charge in [-0.1, -0.05) is 26.0 Å². The van der Waals surface area contributed by atoms with Crippen LogP contribution in [0.1, 0.15) is 36.8 Å². The summed E-state index contributed by atoms with van der Waals surface area (Å²) in [5.74, 6) is -0.268. The third-order valence-corrected chi connectivity index (χ3v) is 6.47. The highest BCUT2D eigenvalue weighted by Gasteiger charge is 2.33. The number of ether oxygens (including phenoxy) is 2. The van der Waals surface area contributed by atoms with E-state index in [0.29, 0.717) is 26.1 Å². The van der Waals surface area contributed by atoms with E-state index in [1.165, 1.54) is 10.9 Å². The molecule has 2 aromatic rings. The van der Waals surface area contributed by atoms with Gasteiger partial charge in [0.15, 0.2) is 11.6 Å². The third kappa shape index (κ3) is 6.07. The third-order valence-electron chi connectivity index (χ3n) is 5.48. The highest BCUT2D eigenvalue weighted by Crippen LogP contribution is 2.34. The molecule has 8 heteroatoms. The van der Waals surface area contributed by atoms with Crippen molar-refractivity contribution in [1.29, 1.82) is 0 Å². The predicted molar refractivity (Wildman–Crippen MR) is 122 cm³/mol. The Kier molecular flexibility index (Phi) is 8.64. The first-order valence-corrected chi connectivity index (χ1v) is 11.8. The fourth-order valence-electron chi connectivity index (χ4n) is 3.83. The Bertz CT molecular complexity index is 917. The van der Waals surface area contributed by atoms with Gasteiger partial charge in [0.05, 0.1) is 19.2 Å². The van der Waals surface area contributed by atoms with Crippen LogP contribution in [0.3, 0.4) is 0 Å². The van der Waals surface area contributed by atoms with Gasteiger partial charge in [0.25, 0.3) is 0 Å². The van der Waals surface area contributed by atoms with Crippen molar-refractivity contribution in [2.75, 3.05) is 40.0 Å². The lowest BCUT2D eigenvalue weighted by atomic mass is 10.0. The minimum atomic E-state index is -0.434. The first kappa shape index (κ1) is 24.2. The van der Waals surface area contributed by atoms with Gasteiger partial charge in [-0.15, -0.1) is 11.3 Å². The van der Waals surface area contributed by atoms with E-state index < -0.39 is 5.82 Å². The van der Waals surface area contributed by atoms with Crippen molar-refractivity contribution in [3.05, 3.63) is 52.0 Å². The number of nitrogens with zero attached hydrogens (tertiary/aromatic N) is 2. The molecule has 1 aliphatic rings. The number of benzene rings is 1. The van der Waals surface area contributed by atoms with Gasteiger partial charge >= 0.3 is 0 Å². The Morgan fingerprint density at radius 1 is 1.28 bits per heavy atom. The molecular weight excluding hydrogens is 431 g/mol. The van der Waals surface area contributed by atoms with Crippen LogP contribution >= 0.6 is 11.3 Å². The van der Waals surface area contributed by atoms with Crippen molar-refractivity contribution in [2.45, 2.75) is 32.7 Å². The van der Waals surface area contributed by atoms with Gasteiger partial charge in [-0.2, -0.15) is 0 Å². The smallest absolute Gasteiger partial charge is 0.242 e. The zero-order chi connectivity index (χ0) is 23.1. The molecular formula is C24H31FN2O4S. The van der Waals surface area contributed by atoms with Crippen LogP contribution in [0.15, 0.2) is 35.7 Å². The highest BCUT2D eigenvalue weighted by molar-refractivity contribution is 7.10. The normalized spacial score (nSPS) is 15.5. The maximum Gasteiger partial charge on any atom is 0.242 e. The summed E-state index contributed by atoms with van der Waals surface area (Å²) in [6.07, 6.45) is 1.14. The molecule has 3 rings (SSSR count). The van der Waals surface area contributed by atoms with E-state index in [1.54, 1.807) is 46.4 Å². The Hall–Kier alpha value is -2.45. The van der Waals surface area contributed by atoms with E-state index in [-0.39, 0.29) is 42.7 Å². The fraction of sp³-hybridized carbons (Fsp3) is 0.500. The molecule has 0 saturated carbocycles. The molecule has 0 unspecified atom stereocenters. The van der Waals surface area contributed by atoms with Crippen LogP contribution < -0.4 is 4.74 Å². The molecule has 2 amide bonds. The van der Waals surface area contributed by atoms with Crippen molar-refractivity contribution in [3.8, 4) is 5.75 Å². The van der Waals surface area contributed by atoms with Gasteiger partial charge in [-0.05, 0) is 41.5 Å². The van der Waals surface area contributed by atoms with Crippen LogP contribution in [0.4, 0.5) is 4.39 Å². The van der Waals surface area contributed by atoms with Crippen LogP contribution in [0.2, 0.25) is 0 Å². The molecule has 1 aromatic carbocycles. The molecule has 0 aliphatic carbocycles. The van der Waals surface area contributed by atoms with Gasteiger partial charge < -0.3 is 19.3 Å². The van der Waals surface area contributed by atoms with E-state index >= 15 is 0 Å². The second kappa shape index (κ2) is 11.4. The minimum Gasteiger partial charge on any atom is -0.488 e. The van der Waals surface area contributed by atoms with E-state index in [0.717, 1.165) is 12.0 Å². The summed E-state index contributed by atoms with van der Waals surface area (Å²) in [6.45, 7) is 5.36. The molecule has 0 bridgehead atoms. The van der Waals surface area contributed by atoms with E-state index in [2.05, 4.69) is 0 Å². The number of hydrogen-bond acceptors (Lipinski definition) is 5. The van der Waals surface area contributed by atoms with Crippen LogP contribution in [0, 0.1) is 11.7 Å². The predicted octanol–water partition coefficient (Wildman–Crippen LogP) is 3.91. The van der Waals surface area contributed by atoms with Crippen LogP contribution in [0.25, 0.3) is 0 Å². The molecule has 6 nitrogen and oxygen atoms in total. The Morgan fingerprint density at radius 2 is 2.06 bits per heavy atom. The van der Waals surface area contributed by atoms with Crippen LogP contribution in [-0.4, -0.2) is 61.6 Å². The number of halogens is 1. The number of carbonyl (C=O) groups is 2. The molecule has 174 valence electrons. The van der Waals surface area contributed by atoms with E-state index in [9.17, 15) is 14.0 Å². The topological polar surface area (TPSA) is 59.1 Å². The molecule has 1 aromatic heterocycles. The number of carbonyl (C=O) groups excluding carboxylic acids is 2. The lowest BCUT2D eigenvalue weighted by Gasteiger charge is -2.37. The van der Waals surface area contributed by atoms with Gasteiger partial charge in [-0.3, -0.25) is 9.59 Å². The number of methoxy groups -OCH3 is 1. The first-order valence-electron chi connectivity index (χ1n) is 10.9. The van der Waals surface area contributed by atoms with E-state index in [1.807, 2.05) is 25.3 Å². The zero-order valence-corrected chi connectivity index (χ0v) is 19.7. The van der Waals surface area contributed by atoms with Crippen LogP contribution in [0.5, 0.6) is 5.75 Å². The van der Waals surface area contributed by atoms with Gasteiger partial charge in [0.1, 0.15) is 6.61 Å². The maximum absolute atomic E-state index is 14.1. The molecule has 2 heterocycles. The summed E-state index contributed by atoms with van der Waals surface area (Å²) in [5, 5.41) is 2.01. The zero-order valence-electron chi connectivity index (χ0n) is 18.9. The number of fused-ring (bicyclic) bond motifs is 1. The molecule has 0 spiro atoms. The average Bonchev–Trinajstić information content (AvgIpc) is 3.24. The minimum absolute atomic E-state index is 0.00934. The maximum atomic E-state index is 14.1. The summed E-state index contributed by atoms with van der Waals surface area (Å²) in [4.78, 5) is 30.6. The Balaban J connectivity index is 1.76. The SMILES string of the molecule is COCCN(CC(=O)N1CCc2sccc2[C@H]1COc1ccccc1F)C(=O)CC(C)C. The quantitative estimate of drug-likeness (QED) is 0.537. The number of thiophene rings is 1. The summed E-state index contributed by atoms with van der Waals surface area (Å²) >= 11 is 1.66. The number of para-hydroxylation sites is 1. The van der Waals surface area contributed by atoms with Gasteiger partial charge in [0.2, 0.25) is 11.8 Å². The largest absolute Gasteiger partial charge is 0.488 e. The summed E-state index contributed by atoms with van der Waals surface area (Å²) < 4.78 is 25.0. The number of amides is 2. The standard InChI is InChI=1S/C24H31FN2O4S/c1-17(2)14-23(28)26(11-12-30-3)15-24(29)27-10-8-22-18(9-13-32-22)20(27)16-31-21-7-5-4-6-19(21)25/h4-7,9,13,17,20H,8,10-12,14-16H2,1-3H3/t20-/m1/s1. The molecule has 0 fully saturated rings. The van der Waals surface area contributed by atoms with Crippen molar-refractivity contribution >= 4 is 23.2 Å². The fourth-order valence-corrected chi connectivity index (χ4v) is 4.76. The molecule has 1 atom stereocenters. The first-order chi connectivity index (χ1) is 15.4. The summed E-state index contributed by atoms with van der Waals surface area (Å²) in [5.41, 5.74) is 1.03. The molecule has 0 radical (unpaired) electrons. The van der Waals surface area contributed by atoms with Gasteiger partial charge in [-0.25, -0.2) is 4.39 Å². The molecule has 0 saturated heterocycles. The van der Waals surface area contributed by atoms with Crippen molar-refractivity contribution in [2.24, 2.45) is 5.92 Å². The van der Waals surface area contributed by atoms with Crippen molar-refractivity contribution < 1.29 is 23.5 Å². The number of hydrogen-bond donors (Lipinski definition) is 0. The molecule has 1 aliphatic heterocycles. The number of rotatable bonds is 10. The Labute approximate surface area is 192 Å². The highest BCUT2D eigenvalue weighted by atomic mass is 32.1. The second-order valence-electron chi connectivity index (χ2n) is 8.30. The summed E-state index contributed by atoms with van der Waals surface area (Å²) in [7, 11) is 1.58.